The Morgan fingerprint density at radius 1 is 1.29 bits per heavy atom. The molecular formula is C14H12N2O3S2. The third kappa shape index (κ3) is 3.20. The van der Waals surface area contributed by atoms with Crippen molar-refractivity contribution in [2.75, 3.05) is 5.75 Å². The molecule has 5 nitrogen and oxygen atoms in total. The fraction of sp³-hybridized carbons (Fsp3) is 0.143. The lowest BCUT2D eigenvalue weighted by Crippen LogP contribution is -2.35. The van der Waals surface area contributed by atoms with E-state index in [2.05, 4.69) is 10.3 Å². The Bertz CT molecular complexity index is 795. The molecule has 0 radical (unpaired) electrons. The van der Waals surface area contributed by atoms with Gasteiger partial charge < -0.3 is 5.32 Å². The van der Waals surface area contributed by atoms with Crippen LogP contribution < -0.4 is 5.32 Å². The second kappa shape index (κ2) is 5.42. The van der Waals surface area contributed by atoms with Gasteiger partial charge in [-0.05, 0) is 6.08 Å². The van der Waals surface area contributed by atoms with Crippen LogP contribution in [-0.4, -0.2) is 31.1 Å². The van der Waals surface area contributed by atoms with Crippen molar-refractivity contribution in [1.82, 2.24) is 10.3 Å². The summed E-state index contributed by atoms with van der Waals surface area (Å²) in [4.78, 5) is 16.4. The SMILES string of the molecule is O=C(N[C@@H]1C=CS(=O)(=O)C1)c1nc(-c2ccccc2)cs1. The van der Waals surface area contributed by atoms with E-state index >= 15 is 0 Å². The molecule has 0 fully saturated rings. The topological polar surface area (TPSA) is 76.1 Å². The molecule has 0 saturated heterocycles. The molecule has 2 heterocycles. The van der Waals surface area contributed by atoms with Crippen LogP contribution >= 0.6 is 11.3 Å². The summed E-state index contributed by atoms with van der Waals surface area (Å²) in [6.45, 7) is 0. The molecule has 0 spiro atoms. The number of sulfone groups is 1. The number of hydrogen-bond acceptors (Lipinski definition) is 5. The smallest absolute Gasteiger partial charge is 0.280 e. The Hall–Kier alpha value is -1.99. The van der Waals surface area contributed by atoms with E-state index < -0.39 is 15.9 Å². The molecule has 7 heteroatoms. The molecule has 0 saturated carbocycles. The second-order valence-corrected chi connectivity index (χ2v) is 7.43. The zero-order valence-corrected chi connectivity index (χ0v) is 12.5. The first-order valence-corrected chi connectivity index (χ1v) is 8.86. The van der Waals surface area contributed by atoms with E-state index in [-0.39, 0.29) is 11.7 Å². The first kappa shape index (κ1) is 14.0. The number of benzene rings is 1. The van der Waals surface area contributed by atoms with Crippen molar-refractivity contribution >= 4 is 27.1 Å². The van der Waals surface area contributed by atoms with E-state index in [0.717, 1.165) is 16.7 Å². The predicted molar refractivity (Wildman–Crippen MR) is 81.7 cm³/mol. The van der Waals surface area contributed by atoms with Gasteiger partial charge in [0.05, 0.1) is 17.5 Å². The van der Waals surface area contributed by atoms with E-state index in [1.807, 2.05) is 35.7 Å². The normalized spacial score (nSPS) is 19.5. The van der Waals surface area contributed by atoms with E-state index in [0.29, 0.717) is 5.01 Å². The van der Waals surface area contributed by atoms with Gasteiger partial charge in [0.2, 0.25) is 0 Å². The maximum absolute atomic E-state index is 12.1. The Balaban J connectivity index is 1.72. The molecule has 0 unspecified atom stereocenters. The van der Waals surface area contributed by atoms with Crippen molar-refractivity contribution in [2.45, 2.75) is 6.04 Å². The molecule has 1 atom stereocenters. The number of thiazole rings is 1. The Morgan fingerprint density at radius 2 is 2.05 bits per heavy atom. The van der Waals surface area contributed by atoms with Gasteiger partial charge in [-0.15, -0.1) is 11.3 Å². The first-order chi connectivity index (χ1) is 10.0. The minimum absolute atomic E-state index is 0.0876. The van der Waals surface area contributed by atoms with Gasteiger partial charge in [-0.1, -0.05) is 30.3 Å². The molecule has 1 aromatic carbocycles. The lowest BCUT2D eigenvalue weighted by atomic mass is 10.2. The van der Waals surface area contributed by atoms with Crippen LogP contribution in [0.4, 0.5) is 0 Å². The summed E-state index contributed by atoms with van der Waals surface area (Å²) < 4.78 is 22.6. The molecule has 0 aliphatic carbocycles. The summed E-state index contributed by atoms with van der Waals surface area (Å²) >= 11 is 1.24. The number of carbonyl (C=O) groups is 1. The minimum atomic E-state index is -3.17. The van der Waals surface area contributed by atoms with Crippen molar-refractivity contribution in [3.8, 4) is 11.3 Å². The average Bonchev–Trinajstić information content (AvgIpc) is 3.07. The van der Waals surface area contributed by atoms with Gasteiger partial charge in [0.15, 0.2) is 14.8 Å². The molecule has 0 bridgehead atoms. The monoisotopic (exact) mass is 320 g/mol. The Labute approximate surface area is 126 Å². The van der Waals surface area contributed by atoms with Gasteiger partial charge in [-0.3, -0.25) is 4.79 Å². The quantitative estimate of drug-likeness (QED) is 0.936. The van der Waals surface area contributed by atoms with Crippen LogP contribution in [0.25, 0.3) is 11.3 Å². The zero-order chi connectivity index (χ0) is 14.9. The summed E-state index contributed by atoms with van der Waals surface area (Å²) in [7, 11) is -3.17. The Morgan fingerprint density at radius 3 is 2.71 bits per heavy atom. The summed E-state index contributed by atoms with van der Waals surface area (Å²) in [5.74, 6) is -0.440. The van der Waals surface area contributed by atoms with Crippen LogP contribution in [0.2, 0.25) is 0 Å². The van der Waals surface area contributed by atoms with Crippen LogP contribution in [0, 0.1) is 0 Å². The number of carbonyl (C=O) groups excluding carboxylic acids is 1. The molecule has 1 aliphatic rings. The number of hydrogen-bond donors (Lipinski definition) is 1. The highest BCUT2D eigenvalue weighted by atomic mass is 32.2. The number of nitrogens with zero attached hydrogens (tertiary/aromatic N) is 1. The highest BCUT2D eigenvalue weighted by molar-refractivity contribution is 7.94. The highest BCUT2D eigenvalue weighted by Crippen LogP contribution is 2.21. The van der Waals surface area contributed by atoms with Gasteiger partial charge in [0.1, 0.15) is 0 Å². The number of nitrogens with one attached hydrogen (secondary N) is 1. The van der Waals surface area contributed by atoms with Crippen molar-refractivity contribution in [1.29, 1.82) is 0 Å². The molecule has 1 N–H and O–H groups in total. The van der Waals surface area contributed by atoms with Gasteiger partial charge in [-0.25, -0.2) is 13.4 Å². The zero-order valence-electron chi connectivity index (χ0n) is 10.9. The first-order valence-electron chi connectivity index (χ1n) is 6.26. The number of amides is 1. The van der Waals surface area contributed by atoms with Crippen LogP contribution in [0.3, 0.4) is 0 Å². The minimum Gasteiger partial charge on any atom is -0.343 e. The van der Waals surface area contributed by atoms with Crippen LogP contribution in [0.15, 0.2) is 47.2 Å². The maximum Gasteiger partial charge on any atom is 0.280 e. The van der Waals surface area contributed by atoms with E-state index in [1.165, 1.54) is 17.4 Å². The largest absolute Gasteiger partial charge is 0.343 e. The standard InChI is InChI=1S/C14H12N2O3S2/c17-13(15-11-6-7-21(18,19)9-11)14-16-12(8-20-14)10-4-2-1-3-5-10/h1-8,11H,9H2,(H,15,17)/t11-/m1/s1. The second-order valence-electron chi connectivity index (χ2n) is 4.64. The lowest BCUT2D eigenvalue weighted by molar-refractivity contribution is 0.0947. The summed E-state index contributed by atoms with van der Waals surface area (Å²) in [5.41, 5.74) is 1.68. The van der Waals surface area contributed by atoms with Gasteiger partial charge >= 0.3 is 0 Å². The van der Waals surface area contributed by atoms with Gasteiger partial charge in [-0.2, -0.15) is 0 Å². The molecule has 108 valence electrons. The van der Waals surface area contributed by atoms with Crippen molar-refractivity contribution in [3.63, 3.8) is 0 Å². The molecule has 1 amide bonds. The fourth-order valence-electron chi connectivity index (χ4n) is 2.02. The van der Waals surface area contributed by atoms with Crippen molar-refractivity contribution in [3.05, 3.63) is 52.2 Å². The predicted octanol–water partition coefficient (Wildman–Crippen LogP) is 1.85. The van der Waals surface area contributed by atoms with E-state index in [1.54, 1.807) is 0 Å². The highest BCUT2D eigenvalue weighted by Gasteiger charge is 2.24. The maximum atomic E-state index is 12.1. The van der Waals surface area contributed by atoms with Crippen LogP contribution in [-0.2, 0) is 9.84 Å². The lowest BCUT2D eigenvalue weighted by Gasteiger charge is -2.07. The average molecular weight is 320 g/mol. The van der Waals surface area contributed by atoms with Crippen LogP contribution in [0.5, 0.6) is 0 Å². The van der Waals surface area contributed by atoms with E-state index in [4.69, 9.17) is 0 Å². The molecule has 1 aromatic heterocycles. The van der Waals surface area contributed by atoms with Crippen molar-refractivity contribution in [2.24, 2.45) is 0 Å². The molecule has 21 heavy (non-hydrogen) atoms. The number of aromatic nitrogens is 1. The fourth-order valence-corrected chi connectivity index (χ4v) is 3.98. The molecule has 1 aliphatic heterocycles. The van der Waals surface area contributed by atoms with Gasteiger partial charge in [0, 0.05) is 16.4 Å². The third-order valence-corrected chi connectivity index (χ3v) is 5.25. The number of rotatable bonds is 3. The summed E-state index contributed by atoms with van der Waals surface area (Å²) in [6, 6.07) is 9.08. The summed E-state index contributed by atoms with van der Waals surface area (Å²) in [6.07, 6.45) is 1.49. The molecule has 3 rings (SSSR count). The Kier molecular flexibility index (Phi) is 3.60. The summed E-state index contributed by atoms with van der Waals surface area (Å²) in [5, 5.41) is 5.93. The van der Waals surface area contributed by atoms with Gasteiger partial charge in [0.25, 0.3) is 5.91 Å². The molecular weight excluding hydrogens is 308 g/mol. The third-order valence-electron chi connectivity index (χ3n) is 3.01. The van der Waals surface area contributed by atoms with Crippen molar-refractivity contribution < 1.29 is 13.2 Å². The van der Waals surface area contributed by atoms with Crippen LogP contribution in [0.1, 0.15) is 9.80 Å². The molecule has 2 aromatic rings. The van der Waals surface area contributed by atoms with E-state index in [9.17, 15) is 13.2 Å².